The van der Waals surface area contributed by atoms with Crippen LogP contribution in [0.1, 0.15) is 32.3 Å². The molecule has 0 aliphatic carbocycles. The van der Waals surface area contributed by atoms with E-state index in [0.29, 0.717) is 5.75 Å². The van der Waals surface area contributed by atoms with Crippen LogP contribution in [0.25, 0.3) is 0 Å². The Balaban J connectivity index is 0.000000197. The lowest BCUT2D eigenvalue weighted by molar-refractivity contribution is -0.131. The van der Waals surface area contributed by atoms with E-state index in [2.05, 4.69) is 122 Å². The smallest absolute Gasteiger partial charge is 0.308 e. The minimum Gasteiger partial charge on any atom is -0.427 e. The summed E-state index contributed by atoms with van der Waals surface area (Å²) in [6.45, 7) is 3.69. The van der Waals surface area contributed by atoms with Gasteiger partial charge in [0.15, 0.2) is 4.90 Å². The first-order chi connectivity index (χ1) is 20.6. The standard InChI is InChI=1S/C22H24B.C16H16O2S/c1-2-3-19-23(20-13-7-4-8-14-20,21-15-9-5-10-16-21)22-17-11-6-12-18-22;1-13(17)18-15-9-7-14(8-10-15)11-12-19-16-5-3-2-4-6-16/h4-18H,2-3,19H2,1H3;2-10H,11-12H2,1H3/q-1;/p+1. The number of carbonyl (C=O) groups is 1. The van der Waals surface area contributed by atoms with Crippen molar-refractivity contribution < 1.29 is 9.53 Å². The molecule has 42 heavy (non-hydrogen) atoms. The molecule has 0 radical (unpaired) electrons. The molecule has 0 aromatic heterocycles. The summed E-state index contributed by atoms with van der Waals surface area (Å²) >= 11 is 1.34. The number of thiol groups is 1. The minimum absolute atomic E-state index is 0.282. The van der Waals surface area contributed by atoms with Crippen LogP contribution in [0, 0.1) is 0 Å². The summed E-state index contributed by atoms with van der Waals surface area (Å²) in [7, 11) is 0. The zero-order valence-corrected chi connectivity index (χ0v) is 25.6. The lowest BCUT2D eigenvalue weighted by Gasteiger charge is -2.43. The fourth-order valence-electron chi connectivity index (χ4n) is 5.67. The molecule has 0 amide bonds. The van der Waals surface area contributed by atoms with E-state index < -0.39 is 6.15 Å². The maximum absolute atomic E-state index is 10.8. The van der Waals surface area contributed by atoms with E-state index in [0.717, 1.165) is 12.2 Å². The van der Waals surface area contributed by atoms with Gasteiger partial charge in [-0.2, -0.15) is 22.7 Å². The van der Waals surface area contributed by atoms with Crippen molar-refractivity contribution in [3.63, 3.8) is 0 Å². The second-order valence-corrected chi connectivity index (χ2v) is 11.9. The number of hydrogen-bond donors (Lipinski definition) is 0. The zero-order chi connectivity index (χ0) is 29.5. The van der Waals surface area contributed by atoms with Gasteiger partial charge >= 0.3 is 5.97 Å². The molecule has 0 atom stereocenters. The van der Waals surface area contributed by atoms with Crippen molar-refractivity contribution in [3.05, 3.63) is 151 Å². The fraction of sp³-hybridized carbons (Fsp3) is 0.184. The number of hydrogen-bond acceptors (Lipinski definition) is 2. The van der Waals surface area contributed by atoms with Gasteiger partial charge in [0.25, 0.3) is 0 Å². The SMILES string of the molecule is CC(=O)Oc1ccc(CC[SH+]c2ccccc2)cc1.CCCC[B-](c1ccccc1)(c1ccccc1)c1ccccc1. The van der Waals surface area contributed by atoms with Crippen molar-refractivity contribution in [2.45, 2.75) is 44.3 Å². The minimum atomic E-state index is -0.913. The van der Waals surface area contributed by atoms with Crippen LogP contribution in [0.2, 0.25) is 6.32 Å². The normalized spacial score (nSPS) is 10.8. The lowest BCUT2D eigenvalue weighted by atomic mass is 9.14. The Morgan fingerprint density at radius 3 is 1.52 bits per heavy atom. The monoisotopic (exact) mass is 572 g/mol. The Bertz CT molecular complexity index is 1360. The Kier molecular flexibility index (Phi) is 12.1. The van der Waals surface area contributed by atoms with Crippen molar-refractivity contribution in [3.8, 4) is 5.75 Å². The van der Waals surface area contributed by atoms with Crippen LogP contribution in [-0.4, -0.2) is 17.9 Å². The molecule has 0 fully saturated rings. The summed E-state index contributed by atoms with van der Waals surface area (Å²) in [6.07, 6.45) is 3.75. The summed E-state index contributed by atoms with van der Waals surface area (Å²) in [4.78, 5) is 12.1. The van der Waals surface area contributed by atoms with E-state index in [1.807, 2.05) is 30.3 Å². The molecule has 0 saturated heterocycles. The number of rotatable bonds is 11. The van der Waals surface area contributed by atoms with Crippen LogP contribution in [0.15, 0.2) is 150 Å². The molecule has 0 heterocycles. The Hall–Kier alpha value is -4.02. The number of benzene rings is 5. The third kappa shape index (κ3) is 8.74. The second-order valence-electron chi connectivity index (χ2n) is 10.6. The van der Waals surface area contributed by atoms with Crippen LogP contribution >= 0.6 is 0 Å². The van der Waals surface area contributed by atoms with Crippen molar-refractivity contribution in [1.29, 1.82) is 0 Å². The molecule has 0 unspecified atom stereocenters. The van der Waals surface area contributed by atoms with Gasteiger partial charge in [0.2, 0.25) is 0 Å². The number of esters is 1. The molecule has 5 aromatic rings. The molecule has 2 nitrogen and oxygen atoms in total. The number of unbranched alkanes of at least 4 members (excludes halogenated alkanes) is 1. The Morgan fingerprint density at radius 2 is 1.10 bits per heavy atom. The quantitative estimate of drug-likeness (QED) is 0.0561. The molecular weight excluding hydrogens is 531 g/mol. The molecule has 5 aromatic carbocycles. The maximum Gasteiger partial charge on any atom is 0.308 e. The average Bonchev–Trinajstić information content (AvgIpc) is 3.04. The van der Waals surface area contributed by atoms with Crippen LogP contribution in [0.4, 0.5) is 0 Å². The summed E-state index contributed by atoms with van der Waals surface area (Å²) in [5.41, 5.74) is 5.59. The van der Waals surface area contributed by atoms with E-state index in [4.69, 9.17) is 4.74 Å². The maximum atomic E-state index is 10.8. The van der Waals surface area contributed by atoms with Crippen LogP contribution < -0.4 is 21.1 Å². The fourth-order valence-corrected chi connectivity index (χ4v) is 6.68. The van der Waals surface area contributed by atoms with Crippen LogP contribution in [0.3, 0.4) is 0 Å². The summed E-state index contributed by atoms with van der Waals surface area (Å²) in [5.74, 6) is 1.42. The third-order valence-corrected chi connectivity index (χ3v) is 8.84. The molecule has 0 saturated carbocycles. The molecule has 5 rings (SSSR count). The molecule has 0 bridgehead atoms. The molecule has 214 valence electrons. The molecule has 0 spiro atoms. The zero-order valence-electron chi connectivity index (χ0n) is 24.7. The second kappa shape index (κ2) is 16.4. The first-order valence-corrected chi connectivity index (χ1v) is 16.0. The van der Waals surface area contributed by atoms with Gasteiger partial charge in [0, 0.05) is 25.1 Å². The largest absolute Gasteiger partial charge is 0.427 e. The van der Waals surface area contributed by atoms with E-state index in [1.54, 1.807) is 0 Å². The summed E-state index contributed by atoms with van der Waals surface area (Å²) in [5, 5.41) is 0. The highest BCUT2D eigenvalue weighted by Gasteiger charge is 2.28. The van der Waals surface area contributed by atoms with Crippen LogP contribution in [-0.2, 0) is 23.0 Å². The van der Waals surface area contributed by atoms with Gasteiger partial charge in [-0.25, -0.2) is 0 Å². The van der Waals surface area contributed by atoms with Crippen molar-refractivity contribution >= 4 is 40.3 Å². The van der Waals surface area contributed by atoms with Gasteiger partial charge in [-0.3, -0.25) is 4.79 Å². The van der Waals surface area contributed by atoms with Gasteiger partial charge in [-0.05, 0) is 29.8 Å². The Labute approximate surface area is 256 Å². The molecular formula is C38H41BO2S. The van der Waals surface area contributed by atoms with Crippen LogP contribution in [0.5, 0.6) is 5.75 Å². The predicted octanol–water partition coefficient (Wildman–Crippen LogP) is 6.99. The van der Waals surface area contributed by atoms with Gasteiger partial charge in [0.05, 0.1) is 6.15 Å². The summed E-state index contributed by atoms with van der Waals surface area (Å²) < 4.78 is 5.00. The number of aryl methyl sites for hydroxylation is 1. The van der Waals surface area contributed by atoms with Gasteiger partial charge in [0.1, 0.15) is 11.5 Å². The Morgan fingerprint density at radius 1 is 0.643 bits per heavy atom. The number of ether oxygens (including phenoxy) is 1. The molecule has 0 aliphatic heterocycles. The summed E-state index contributed by atoms with van der Waals surface area (Å²) in [6, 6.07) is 51.3. The van der Waals surface area contributed by atoms with E-state index in [9.17, 15) is 4.79 Å². The molecule has 0 N–H and O–H groups in total. The van der Waals surface area contributed by atoms with E-state index >= 15 is 0 Å². The van der Waals surface area contributed by atoms with Crippen molar-refractivity contribution in [1.82, 2.24) is 0 Å². The average molecular weight is 573 g/mol. The molecule has 0 aliphatic rings. The topological polar surface area (TPSA) is 26.3 Å². The predicted molar refractivity (Wildman–Crippen MR) is 183 cm³/mol. The van der Waals surface area contributed by atoms with Crippen molar-refractivity contribution in [2.75, 3.05) is 5.75 Å². The van der Waals surface area contributed by atoms with Gasteiger partial charge in [-0.15, -0.1) is 0 Å². The first kappa shape index (κ1) is 30.9. The van der Waals surface area contributed by atoms with Crippen molar-refractivity contribution in [2.24, 2.45) is 0 Å². The third-order valence-electron chi connectivity index (χ3n) is 7.73. The highest BCUT2D eigenvalue weighted by Crippen LogP contribution is 2.16. The van der Waals surface area contributed by atoms with Gasteiger partial charge < -0.3 is 4.74 Å². The number of carbonyl (C=O) groups excluding carboxylic acids is 1. The highest BCUT2D eigenvalue weighted by atomic mass is 32.2. The first-order valence-electron chi connectivity index (χ1n) is 15.0. The van der Waals surface area contributed by atoms with E-state index in [1.165, 1.54) is 64.7 Å². The highest BCUT2D eigenvalue weighted by molar-refractivity contribution is 7.78. The molecule has 4 heteroatoms. The lowest BCUT2D eigenvalue weighted by Crippen LogP contribution is -2.66. The van der Waals surface area contributed by atoms with Gasteiger partial charge in [-0.1, -0.05) is 141 Å². The van der Waals surface area contributed by atoms with E-state index in [-0.39, 0.29) is 5.97 Å².